The molecular weight excluding hydrogens is 1060 g/mol. The number of aromatic hydroxyl groups is 1. The summed E-state index contributed by atoms with van der Waals surface area (Å²) in [6.07, 6.45) is 0.870. The molecule has 5 N–H and O–H groups in total. The monoisotopic (exact) mass is 1130 g/mol. The number of aromatic nitrogens is 3. The first-order chi connectivity index (χ1) is 38.4. The Morgan fingerprint density at radius 3 is 2.31 bits per heavy atom. The van der Waals surface area contributed by atoms with Crippen molar-refractivity contribution in [3.8, 4) is 33.3 Å². The lowest BCUT2D eigenvalue weighted by Crippen LogP contribution is -2.59. The zero-order valence-electron chi connectivity index (χ0n) is 46.7. The molecule has 4 fully saturated rings. The first kappa shape index (κ1) is 57.2. The van der Waals surface area contributed by atoms with Crippen molar-refractivity contribution in [3.05, 3.63) is 94.3 Å². The van der Waals surface area contributed by atoms with Gasteiger partial charge in [-0.05, 0) is 104 Å². The number of amides is 3. The topological polar surface area (TPSA) is 192 Å². The third kappa shape index (κ3) is 13.0. The number of carbonyl (C=O) groups excluding carboxylic acids is 3. The highest BCUT2D eigenvalue weighted by molar-refractivity contribution is 7.13. The molecule has 0 saturated carbocycles. The van der Waals surface area contributed by atoms with Crippen LogP contribution >= 0.6 is 22.9 Å². The standard InChI is InChI=1S/C60H75ClFN11O6S/c1-36(79-59-67-53-47(56(68-59)72-21-17-63-18-22-72)30-48(61)51(52(53)62)46-28-43(74)27-42-9-7-8-10-45(42)46)31-70-23-25-71(26-24-70)32-39-15-19-69(20-16-39)34-50(76)66-55(60(4,5)6)58(78)73-33-44(75)29-49(73)57(77)65-37(2)40-11-13-41(14-12-40)54-38(3)64-35-80-54/h7-14,27-28,30,35-37,39,44,49,55,63,74-75H,15-26,29,31-34H2,1-6H3,(H,65,77)(H,66,76)/t36-,37+,44-,49+,55-/m1/s1. The smallest absolute Gasteiger partial charge is 0.319 e. The van der Waals surface area contributed by atoms with Crippen molar-refractivity contribution in [1.82, 2.24) is 50.5 Å². The molecule has 0 radical (unpaired) electrons. The summed E-state index contributed by atoms with van der Waals surface area (Å²) in [5, 5.41) is 33.2. The second-order valence-corrected chi connectivity index (χ2v) is 24.6. The van der Waals surface area contributed by atoms with Crippen LogP contribution in [0.15, 0.2) is 72.2 Å². The third-order valence-corrected chi connectivity index (χ3v) is 17.6. The molecule has 10 rings (SSSR count). The number of nitrogens with one attached hydrogen (secondary N) is 3. The lowest BCUT2D eigenvalue weighted by molar-refractivity contribution is -0.144. The Morgan fingerprint density at radius 1 is 0.900 bits per heavy atom. The van der Waals surface area contributed by atoms with Gasteiger partial charge in [0, 0.05) is 89.4 Å². The number of fused-ring (bicyclic) bond motifs is 2. The highest BCUT2D eigenvalue weighted by Crippen LogP contribution is 2.43. The number of β-amino-alcohol motifs (C(OH)–C–C–N with tert-alkyl or cyclic N) is 1. The van der Waals surface area contributed by atoms with E-state index in [0.717, 1.165) is 104 Å². The number of likely N-dealkylation sites (tertiary alicyclic amines) is 2. The van der Waals surface area contributed by atoms with Gasteiger partial charge in [0.1, 0.15) is 35.3 Å². The van der Waals surface area contributed by atoms with E-state index in [9.17, 15) is 24.6 Å². The van der Waals surface area contributed by atoms with E-state index in [1.165, 1.54) is 11.0 Å². The van der Waals surface area contributed by atoms with Gasteiger partial charge < -0.3 is 45.6 Å². The molecule has 6 aromatic rings. The number of phenols is 1. The fourth-order valence-electron chi connectivity index (χ4n) is 11.9. The summed E-state index contributed by atoms with van der Waals surface area (Å²) in [4.78, 5) is 67.6. The Kier molecular flexibility index (Phi) is 17.6. The fraction of sp³-hybridized carbons (Fsp3) is 0.500. The fourth-order valence-corrected chi connectivity index (χ4v) is 13.0. The Labute approximate surface area is 476 Å². The van der Waals surface area contributed by atoms with Crippen molar-refractivity contribution >= 4 is 68.2 Å². The largest absolute Gasteiger partial charge is 0.508 e. The van der Waals surface area contributed by atoms with Gasteiger partial charge in [0.05, 0.1) is 39.8 Å². The summed E-state index contributed by atoms with van der Waals surface area (Å²) in [5.74, 6) is -0.496. The molecule has 426 valence electrons. The molecule has 4 saturated heterocycles. The second kappa shape index (κ2) is 24.6. The van der Waals surface area contributed by atoms with Gasteiger partial charge in [-0.3, -0.25) is 24.2 Å². The van der Waals surface area contributed by atoms with E-state index in [0.29, 0.717) is 42.3 Å². The van der Waals surface area contributed by atoms with Gasteiger partial charge in [-0.1, -0.05) is 80.9 Å². The summed E-state index contributed by atoms with van der Waals surface area (Å²) in [6, 6.07) is 18.4. The zero-order valence-corrected chi connectivity index (χ0v) is 48.3. The van der Waals surface area contributed by atoms with E-state index in [1.807, 2.05) is 95.6 Å². The summed E-state index contributed by atoms with van der Waals surface area (Å²) in [7, 11) is 0. The minimum absolute atomic E-state index is 0.00757. The first-order valence-corrected chi connectivity index (χ1v) is 29.4. The molecule has 3 amide bonds. The number of aliphatic hydroxyl groups excluding tert-OH is 1. The number of aryl methyl sites for hydroxylation is 1. The van der Waals surface area contributed by atoms with Gasteiger partial charge in [-0.15, -0.1) is 11.3 Å². The number of hydrogen-bond donors (Lipinski definition) is 5. The quantitative estimate of drug-likeness (QED) is 0.0651. The molecule has 5 atom stereocenters. The molecule has 17 nitrogen and oxygen atoms in total. The predicted molar refractivity (Wildman–Crippen MR) is 313 cm³/mol. The number of piperazine rings is 2. The van der Waals surface area contributed by atoms with Crippen molar-refractivity contribution < 1.29 is 33.7 Å². The average molecular weight is 1130 g/mol. The lowest BCUT2D eigenvalue weighted by Gasteiger charge is -2.39. The maximum absolute atomic E-state index is 17.1. The van der Waals surface area contributed by atoms with Crippen LogP contribution < -0.4 is 25.6 Å². The van der Waals surface area contributed by atoms with Crippen molar-refractivity contribution in [2.24, 2.45) is 11.3 Å². The molecule has 0 spiro atoms. The molecule has 4 aliphatic heterocycles. The molecule has 0 unspecified atom stereocenters. The molecule has 6 heterocycles. The molecule has 0 bridgehead atoms. The highest BCUT2D eigenvalue weighted by atomic mass is 35.5. The third-order valence-electron chi connectivity index (χ3n) is 16.3. The number of nitrogens with zero attached hydrogens (tertiary/aromatic N) is 8. The van der Waals surface area contributed by atoms with Crippen molar-refractivity contribution in [2.45, 2.75) is 91.1 Å². The summed E-state index contributed by atoms with van der Waals surface area (Å²) < 4.78 is 23.5. The minimum atomic E-state index is -0.901. The number of phenolic OH excluding ortho intramolecular Hbond substituents is 1. The molecule has 4 aliphatic rings. The molecule has 4 aromatic carbocycles. The number of aliphatic hydroxyl groups is 1. The van der Waals surface area contributed by atoms with Crippen molar-refractivity contribution in [1.29, 1.82) is 0 Å². The van der Waals surface area contributed by atoms with E-state index in [2.05, 4.69) is 40.5 Å². The highest BCUT2D eigenvalue weighted by Gasteiger charge is 2.45. The minimum Gasteiger partial charge on any atom is -0.508 e. The number of halogens is 2. The number of hydrogen-bond acceptors (Lipinski definition) is 15. The number of rotatable bonds is 16. The van der Waals surface area contributed by atoms with Crippen LogP contribution in [0.5, 0.6) is 11.8 Å². The Morgan fingerprint density at radius 2 is 1.61 bits per heavy atom. The van der Waals surface area contributed by atoms with Gasteiger partial charge in [0.15, 0.2) is 5.82 Å². The number of carbonyl (C=O) groups is 3. The van der Waals surface area contributed by atoms with Crippen LogP contribution in [0.3, 0.4) is 0 Å². The zero-order chi connectivity index (χ0) is 56.4. The van der Waals surface area contributed by atoms with Crippen LogP contribution in [-0.4, -0.2) is 178 Å². The van der Waals surface area contributed by atoms with Gasteiger partial charge in [0.2, 0.25) is 17.7 Å². The number of thiazole rings is 1. The van der Waals surface area contributed by atoms with E-state index >= 15 is 4.39 Å². The van der Waals surface area contributed by atoms with E-state index in [1.54, 1.807) is 23.5 Å². The van der Waals surface area contributed by atoms with Gasteiger partial charge in [0.25, 0.3) is 0 Å². The first-order valence-electron chi connectivity index (χ1n) is 28.2. The Bertz CT molecular complexity index is 3190. The van der Waals surface area contributed by atoms with Gasteiger partial charge in [-0.2, -0.15) is 9.97 Å². The van der Waals surface area contributed by atoms with Crippen LogP contribution in [0.4, 0.5) is 10.2 Å². The maximum atomic E-state index is 17.1. The summed E-state index contributed by atoms with van der Waals surface area (Å²) in [5.41, 5.74) is 4.84. The molecule has 0 aliphatic carbocycles. The maximum Gasteiger partial charge on any atom is 0.319 e. The predicted octanol–water partition coefficient (Wildman–Crippen LogP) is 7.26. The average Bonchev–Trinajstić information content (AvgIpc) is 4.13. The summed E-state index contributed by atoms with van der Waals surface area (Å²) >= 11 is 8.51. The molecular formula is C60H75ClFN11O6S. The SMILES string of the molecule is Cc1ncsc1-c1ccc([C@H](C)NC(=O)[C@@H]2C[C@@H](O)CN2C(=O)[C@@H](NC(=O)CN2CCC(CN3CCN(C[C@@H](C)Oc4nc(N5CCNCC5)c5cc(Cl)c(-c6cc(O)cc7ccccc67)c(F)c5n4)CC3)CC2)C(C)(C)C)cc1. The summed E-state index contributed by atoms with van der Waals surface area (Å²) in [6.45, 7) is 21.3. The normalized spacial score (nSPS) is 20.3. The number of piperidine rings is 1. The van der Waals surface area contributed by atoms with E-state index in [-0.39, 0.29) is 77.2 Å². The Hall–Kier alpha value is -6.06. The van der Waals surface area contributed by atoms with Crippen LogP contribution in [0.1, 0.15) is 71.2 Å². The molecule has 2 aromatic heterocycles. The van der Waals surface area contributed by atoms with Gasteiger partial charge >= 0.3 is 6.01 Å². The van der Waals surface area contributed by atoms with Crippen LogP contribution in [0, 0.1) is 24.1 Å². The van der Waals surface area contributed by atoms with Gasteiger partial charge in [-0.25, -0.2) is 9.37 Å². The molecule has 20 heteroatoms. The Balaban J connectivity index is 0.696. The number of benzene rings is 4. The van der Waals surface area contributed by atoms with Crippen LogP contribution in [-0.2, 0) is 14.4 Å². The van der Waals surface area contributed by atoms with E-state index in [4.69, 9.17) is 26.3 Å². The van der Waals surface area contributed by atoms with E-state index < -0.39 is 29.4 Å². The van der Waals surface area contributed by atoms with Crippen LogP contribution in [0.25, 0.3) is 43.2 Å². The number of anilines is 1. The van der Waals surface area contributed by atoms with Crippen molar-refractivity contribution in [2.75, 3.05) is 96.5 Å². The van der Waals surface area contributed by atoms with Crippen molar-refractivity contribution in [3.63, 3.8) is 0 Å². The number of ether oxygens (including phenoxy) is 1. The second-order valence-electron chi connectivity index (χ2n) is 23.4. The molecule has 80 heavy (non-hydrogen) atoms. The van der Waals surface area contributed by atoms with Crippen LogP contribution in [0.2, 0.25) is 5.02 Å². The lowest BCUT2D eigenvalue weighted by atomic mass is 9.85.